The highest BCUT2D eigenvalue weighted by Gasteiger charge is 2.28. The van der Waals surface area contributed by atoms with E-state index >= 15 is 0 Å². The molecule has 3 rings (SSSR count). The van der Waals surface area contributed by atoms with Crippen molar-refractivity contribution in [2.45, 2.75) is 32.2 Å². The first-order valence-electron chi connectivity index (χ1n) is 8.40. The third-order valence-corrected chi connectivity index (χ3v) is 4.08. The molecule has 1 aliphatic carbocycles. The molecular formula is C18H16FN3O5. The van der Waals surface area contributed by atoms with E-state index in [2.05, 4.69) is 9.72 Å². The summed E-state index contributed by atoms with van der Waals surface area (Å²) in [5.74, 6) is -2.44. The van der Waals surface area contributed by atoms with Crippen molar-refractivity contribution in [3.63, 3.8) is 0 Å². The Kier molecular flexibility index (Phi) is 5.16. The normalized spacial score (nSPS) is 13.2. The van der Waals surface area contributed by atoms with Crippen molar-refractivity contribution < 1.29 is 23.5 Å². The zero-order valence-corrected chi connectivity index (χ0v) is 14.5. The summed E-state index contributed by atoms with van der Waals surface area (Å²) in [6.45, 7) is 1.29. The van der Waals surface area contributed by atoms with E-state index in [1.807, 2.05) is 0 Å². The van der Waals surface area contributed by atoms with Gasteiger partial charge in [-0.15, -0.1) is 0 Å². The molecule has 2 heterocycles. The van der Waals surface area contributed by atoms with Crippen molar-refractivity contribution in [2.75, 3.05) is 13.2 Å². The summed E-state index contributed by atoms with van der Waals surface area (Å²) < 4.78 is 25.6. The fourth-order valence-corrected chi connectivity index (χ4v) is 2.69. The quantitative estimate of drug-likeness (QED) is 0.708. The molecule has 1 aliphatic rings. The largest absolute Gasteiger partial charge is 0.462 e. The SMILES string of the molecule is CCOC(=O)c1cn(C2CC2)c2nc(CC(=O)OCC#N)c(F)cc2c1=O. The minimum Gasteiger partial charge on any atom is -0.462 e. The molecule has 0 unspecified atom stereocenters. The van der Waals surface area contributed by atoms with Crippen LogP contribution in [0.25, 0.3) is 11.0 Å². The number of fused-ring (bicyclic) bond motifs is 1. The molecule has 0 bridgehead atoms. The molecule has 0 amide bonds. The van der Waals surface area contributed by atoms with Crippen molar-refractivity contribution in [3.05, 3.63) is 39.6 Å². The lowest BCUT2D eigenvalue weighted by Gasteiger charge is -2.13. The molecule has 0 N–H and O–H groups in total. The Balaban J connectivity index is 2.10. The highest BCUT2D eigenvalue weighted by Crippen LogP contribution is 2.36. The molecule has 1 fully saturated rings. The molecule has 1 saturated carbocycles. The summed E-state index contributed by atoms with van der Waals surface area (Å²) in [5, 5.41) is 8.37. The van der Waals surface area contributed by atoms with E-state index in [9.17, 15) is 18.8 Å². The van der Waals surface area contributed by atoms with Crippen molar-refractivity contribution in [3.8, 4) is 6.07 Å². The number of carbonyl (C=O) groups is 2. The summed E-state index contributed by atoms with van der Waals surface area (Å²) in [6.07, 6.45) is 2.57. The number of halogens is 1. The number of hydrogen-bond donors (Lipinski definition) is 0. The Morgan fingerprint density at radius 3 is 2.78 bits per heavy atom. The van der Waals surface area contributed by atoms with Crippen LogP contribution >= 0.6 is 0 Å². The Labute approximate surface area is 153 Å². The number of esters is 2. The van der Waals surface area contributed by atoms with Gasteiger partial charge in [-0.3, -0.25) is 9.59 Å². The highest BCUT2D eigenvalue weighted by atomic mass is 19.1. The van der Waals surface area contributed by atoms with Crippen LogP contribution in [-0.4, -0.2) is 34.7 Å². The predicted molar refractivity (Wildman–Crippen MR) is 90.5 cm³/mol. The van der Waals surface area contributed by atoms with Crippen LogP contribution in [0.4, 0.5) is 4.39 Å². The first-order chi connectivity index (χ1) is 13.0. The zero-order chi connectivity index (χ0) is 19.6. The Morgan fingerprint density at radius 1 is 1.41 bits per heavy atom. The van der Waals surface area contributed by atoms with E-state index < -0.39 is 36.2 Å². The van der Waals surface area contributed by atoms with Gasteiger partial charge in [-0.2, -0.15) is 5.26 Å². The van der Waals surface area contributed by atoms with E-state index in [1.54, 1.807) is 17.6 Å². The number of carbonyl (C=O) groups excluding carboxylic acids is 2. The minimum atomic E-state index is -0.864. The molecule has 8 nitrogen and oxygen atoms in total. The van der Waals surface area contributed by atoms with E-state index in [1.165, 1.54) is 6.20 Å². The van der Waals surface area contributed by atoms with Crippen LogP contribution in [0.5, 0.6) is 0 Å². The second-order valence-corrected chi connectivity index (χ2v) is 6.01. The summed E-state index contributed by atoms with van der Waals surface area (Å²) in [4.78, 5) is 40.5. The van der Waals surface area contributed by atoms with Gasteiger partial charge in [-0.25, -0.2) is 14.2 Å². The van der Waals surface area contributed by atoms with Gasteiger partial charge in [0.05, 0.1) is 24.1 Å². The number of rotatable bonds is 6. The van der Waals surface area contributed by atoms with Gasteiger partial charge >= 0.3 is 11.9 Å². The van der Waals surface area contributed by atoms with Crippen molar-refractivity contribution in [1.82, 2.24) is 9.55 Å². The average molecular weight is 373 g/mol. The predicted octanol–water partition coefficient (Wildman–Crippen LogP) is 1.66. The van der Waals surface area contributed by atoms with Crippen LogP contribution in [0.2, 0.25) is 0 Å². The van der Waals surface area contributed by atoms with Crippen LogP contribution in [-0.2, 0) is 20.7 Å². The van der Waals surface area contributed by atoms with Gasteiger partial charge in [0.25, 0.3) is 0 Å². The van der Waals surface area contributed by atoms with Gasteiger partial charge < -0.3 is 14.0 Å². The van der Waals surface area contributed by atoms with Gasteiger partial charge in [0.15, 0.2) is 6.61 Å². The fourth-order valence-electron chi connectivity index (χ4n) is 2.69. The monoisotopic (exact) mass is 373 g/mol. The Morgan fingerprint density at radius 2 is 2.15 bits per heavy atom. The van der Waals surface area contributed by atoms with Gasteiger partial charge in [-0.05, 0) is 25.8 Å². The second kappa shape index (κ2) is 7.53. The van der Waals surface area contributed by atoms with E-state index in [4.69, 9.17) is 10.00 Å². The van der Waals surface area contributed by atoms with Crippen molar-refractivity contribution >= 4 is 23.0 Å². The fraction of sp³-hybridized carbons (Fsp3) is 0.389. The van der Waals surface area contributed by atoms with E-state index in [-0.39, 0.29) is 34.9 Å². The summed E-state index contributed by atoms with van der Waals surface area (Å²) in [5.41, 5.74) is -0.854. The molecule has 0 atom stereocenters. The number of pyridine rings is 2. The molecule has 0 aromatic carbocycles. The van der Waals surface area contributed by atoms with Gasteiger partial charge in [0.2, 0.25) is 5.43 Å². The van der Waals surface area contributed by atoms with Crippen molar-refractivity contribution in [2.24, 2.45) is 0 Å². The minimum absolute atomic E-state index is 0.0395. The molecule has 2 aromatic rings. The van der Waals surface area contributed by atoms with Gasteiger partial charge in [0.1, 0.15) is 23.1 Å². The average Bonchev–Trinajstić information content (AvgIpc) is 3.47. The van der Waals surface area contributed by atoms with Crippen LogP contribution in [0.1, 0.15) is 41.9 Å². The molecular weight excluding hydrogens is 357 g/mol. The number of ether oxygens (including phenoxy) is 2. The summed E-state index contributed by atoms with van der Waals surface area (Å²) >= 11 is 0. The van der Waals surface area contributed by atoms with Crippen LogP contribution in [0.3, 0.4) is 0 Å². The zero-order valence-electron chi connectivity index (χ0n) is 14.5. The lowest BCUT2D eigenvalue weighted by Crippen LogP contribution is -2.22. The third-order valence-electron chi connectivity index (χ3n) is 4.08. The number of nitrogens with zero attached hydrogens (tertiary/aromatic N) is 3. The Bertz CT molecular complexity index is 1020. The van der Waals surface area contributed by atoms with Crippen LogP contribution in [0, 0.1) is 17.1 Å². The van der Waals surface area contributed by atoms with Gasteiger partial charge in [0, 0.05) is 12.2 Å². The van der Waals surface area contributed by atoms with Crippen molar-refractivity contribution in [1.29, 1.82) is 5.26 Å². The number of aromatic nitrogens is 2. The molecule has 140 valence electrons. The molecule has 2 aromatic heterocycles. The van der Waals surface area contributed by atoms with Gasteiger partial charge in [-0.1, -0.05) is 0 Å². The molecule has 0 radical (unpaired) electrons. The second-order valence-electron chi connectivity index (χ2n) is 6.01. The molecule has 0 aliphatic heterocycles. The lowest BCUT2D eigenvalue weighted by atomic mass is 10.1. The van der Waals surface area contributed by atoms with E-state index in [0.29, 0.717) is 0 Å². The van der Waals surface area contributed by atoms with E-state index in [0.717, 1.165) is 18.9 Å². The maximum Gasteiger partial charge on any atom is 0.343 e. The highest BCUT2D eigenvalue weighted by molar-refractivity contribution is 5.93. The standard InChI is InChI=1S/C18H16FN3O5/c1-2-26-18(25)12-9-22(10-3-4-10)17-11(16(12)24)7-13(19)14(21-17)8-15(23)27-6-5-20/h7,9-10H,2-4,6,8H2,1H3. The maximum absolute atomic E-state index is 14.4. The molecule has 0 spiro atoms. The van der Waals surface area contributed by atoms with Crippen LogP contribution in [0.15, 0.2) is 17.1 Å². The first kappa shape index (κ1) is 18.5. The number of nitriles is 1. The first-order valence-corrected chi connectivity index (χ1v) is 8.40. The third kappa shape index (κ3) is 3.79. The lowest BCUT2D eigenvalue weighted by molar-refractivity contribution is -0.141. The molecule has 27 heavy (non-hydrogen) atoms. The maximum atomic E-state index is 14.4. The smallest absolute Gasteiger partial charge is 0.343 e. The number of hydrogen-bond acceptors (Lipinski definition) is 7. The summed E-state index contributed by atoms with van der Waals surface area (Å²) in [7, 11) is 0. The Hall–Kier alpha value is -3.28. The molecule has 0 saturated heterocycles. The molecule has 9 heteroatoms. The van der Waals surface area contributed by atoms with Crippen LogP contribution < -0.4 is 5.43 Å². The topological polar surface area (TPSA) is 111 Å². The summed E-state index contributed by atoms with van der Waals surface area (Å²) in [6, 6.07) is 2.66.